The highest BCUT2D eigenvalue weighted by atomic mass is 16.3. The Balaban J connectivity index is 2.38. The Kier molecular flexibility index (Phi) is 2.08. The fraction of sp³-hybridized carbons (Fsp3) is 0.0769. The zero-order valence-corrected chi connectivity index (χ0v) is 9.23. The Labute approximate surface area is 96.9 Å². The molecule has 0 saturated carbocycles. The van der Waals surface area contributed by atoms with Gasteiger partial charge in [0.05, 0.1) is 5.39 Å². The van der Waals surface area contributed by atoms with Crippen molar-refractivity contribution in [2.45, 2.75) is 6.92 Å². The maximum atomic E-state index is 11.6. The monoisotopic (exact) mass is 226 g/mol. The van der Waals surface area contributed by atoms with Crippen LogP contribution in [0.2, 0.25) is 0 Å². The summed E-state index contributed by atoms with van der Waals surface area (Å²) in [5, 5.41) is 7.96. The second-order valence-electron chi connectivity index (χ2n) is 3.86. The second-order valence-corrected chi connectivity index (χ2v) is 3.86. The van der Waals surface area contributed by atoms with Crippen molar-refractivity contribution in [3.8, 4) is 11.5 Å². The summed E-state index contributed by atoms with van der Waals surface area (Å²) in [7, 11) is 0. The first-order valence-electron chi connectivity index (χ1n) is 5.30. The summed E-state index contributed by atoms with van der Waals surface area (Å²) in [5.41, 5.74) is 0.473. The third kappa shape index (κ3) is 1.54. The predicted molar refractivity (Wildman–Crippen MR) is 64.8 cm³/mol. The maximum Gasteiger partial charge on any atom is 0.272 e. The molecule has 0 spiro atoms. The van der Waals surface area contributed by atoms with E-state index in [0.29, 0.717) is 16.8 Å². The molecule has 0 amide bonds. The van der Waals surface area contributed by atoms with E-state index in [1.54, 1.807) is 6.07 Å². The standard InChI is InChI=1S/C13H10N2O2/c1-8-6-7-11(17-8)12-9-4-2-3-5-10(9)13(16)15-14-12/h2-7H,1H3,(H,15,16). The van der Waals surface area contributed by atoms with E-state index in [1.165, 1.54) is 0 Å². The SMILES string of the molecule is Cc1ccc(-c2n[nH]c(=O)c3ccccc23)o1. The third-order valence-electron chi connectivity index (χ3n) is 2.67. The van der Waals surface area contributed by atoms with Gasteiger partial charge in [0.1, 0.15) is 11.5 Å². The Morgan fingerprint density at radius 3 is 2.59 bits per heavy atom. The molecule has 0 radical (unpaired) electrons. The number of hydrogen-bond acceptors (Lipinski definition) is 3. The number of benzene rings is 1. The maximum absolute atomic E-state index is 11.6. The summed E-state index contributed by atoms with van der Waals surface area (Å²) in [4.78, 5) is 11.6. The van der Waals surface area contributed by atoms with Gasteiger partial charge in [-0.3, -0.25) is 4.79 Å². The lowest BCUT2D eigenvalue weighted by Crippen LogP contribution is -2.08. The minimum atomic E-state index is -0.187. The van der Waals surface area contributed by atoms with Crippen LogP contribution in [0, 0.1) is 6.92 Å². The van der Waals surface area contributed by atoms with Crippen LogP contribution in [-0.4, -0.2) is 10.2 Å². The fourth-order valence-corrected chi connectivity index (χ4v) is 1.86. The molecule has 4 heteroatoms. The highest BCUT2D eigenvalue weighted by Crippen LogP contribution is 2.25. The molecule has 0 fully saturated rings. The topological polar surface area (TPSA) is 58.9 Å². The van der Waals surface area contributed by atoms with Crippen molar-refractivity contribution in [1.82, 2.24) is 10.2 Å². The molecule has 3 rings (SSSR count). The highest BCUT2D eigenvalue weighted by Gasteiger charge is 2.10. The van der Waals surface area contributed by atoms with E-state index >= 15 is 0 Å². The van der Waals surface area contributed by atoms with Gasteiger partial charge in [-0.25, -0.2) is 5.10 Å². The molecule has 4 nitrogen and oxygen atoms in total. The van der Waals surface area contributed by atoms with Crippen LogP contribution in [0.3, 0.4) is 0 Å². The minimum absolute atomic E-state index is 0.187. The Morgan fingerprint density at radius 2 is 1.88 bits per heavy atom. The van der Waals surface area contributed by atoms with Gasteiger partial charge in [-0.15, -0.1) is 0 Å². The number of nitrogens with one attached hydrogen (secondary N) is 1. The number of fused-ring (bicyclic) bond motifs is 1. The fourth-order valence-electron chi connectivity index (χ4n) is 1.86. The van der Waals surface area contributed by atoms with Crippen LogP contribution in [0.25, 0.3) is 22.2 Å². The van der Waals surface area contributed by atoms with Crippen LogP contribution in [0.4, 0.5) is 0 Å². The first-order chi connectivity index (χ1) is 8.25. The van der Waals surface area contributed by atoms with Crippen molar-refractivity contribution in [2.24, 2.45) is 0 Å². The smallest absolute Gasteiger partial charge is 0.272 e. The van der Waals surface area contributed by atoms with Crippen molar-refractivity contribution < 1.29 is 4.42 Å². The molecule has 0 aliphatic heterocycles. The summed E-state index contributed by atoms with van der Waals surface area (Å²) in [6.45, 7) is 1.87. The van der Waals surface area contributed by atoms with Crippen LogP contribution in [0.15, 0.2) is 45.6 Å². The van der Waals surface area contributed by atoms with Crippen molar-refractivity contribution in [1.29, 1.82) is 0 Å². The zero-order chi connectivity index (χ0) is 11.8. The number of furan rings is 1. The molecule has 17 heavy (non-hydrogen) atoms. The van der Waals surface area contributed by atoms with Gasteiger partial charge in [0.15, 0.2) is 5.76 Å². The number of aryl methyl sites for hydroxylation is 1. The summed E-state index contributed by atoms with van der Waals surface area (Å²) < 4.78 is 5.53. The molecule has 0 saturated heterocycles. The molecule has 2 heterocycles. The number of hydrogen-bond donors (Lipinski definition) is 1. The molecule has 0 atom stereocenters. The molecule has 0 unspecified atom stereocenters. The van der Waals surface area contributed by atoms with Crippen molar-refractivity contribution in [3.05, 3.63) is 52.5 Å². The lowest BCUT2D eigenvalue weighted by molar-refractivity contribution is 0.546. The average Bonchev–Trinajstić information content (AvgIpc) is 2.77. The molecular weight excluding hydrogens is 216 g/mol. The molecule has 0 aliphatic carbocycles. The molecule has 3 aromatic rings. The van der Waals surface area contributed by atoms with E-state index < -0.39 is 0 Å². The molecule has 0 aliphatic rings. The second kappa shape index (κ2) is 3.59. The zero-order valence-electron chi connectivity index (χ0n) is 9.23. The van der Waals surface area contributed by atoms with Gasteiger partial charge in [-0.2, -0.15) is 5.10 Å². The summed E-state index contributed by atoms with van der Waals surface area (Å²) in [6.07, 6.45) is 0. The van der Waals surface area contributed by atoms with Crippen molar-refractivity contribution in [3.63, 3.8) is 0 Å². The predicted octanol–water partition coefficient (Wildman–Crippen LogP) is 2.49. The first-order valence-corrected chi connectivity index (χ1v) is 5.30. The van der Waals surface area contributed by atoms with Crippen LogP contribution in [0.1, 0.15) is 5.76 Å². The molecular formula is C13H10N2O2. The van der Waals surface area contributed by atoms with E-state index in [-0.39, 0.29) is 5.56 Å². The molecule has 1 aromatic carbocycles. The Hall–Kier alpha value is -2.36. The number of aromatic nitrogens is 2. The number of aromatic amines is 1. The van der Waals surface area contributed by atoms with Gasteiger partial charge >= 0.3 is 0 Å². The third-order valence-corrected chi connectivity index (χ3v) is 2.67. The molecule has 2 aromatic heterocycles. The number of nitrogens with zero attached hydrogens (tertiary/aromatic N) is 1. The van der Waals surface area contributed by atoms with Gasteiger partial charge in [-0.1, -0.05) is 18.2 Å². The van der Waals surface area contributed by atoms with Crippen molar-refractivity contribution >= 4 is 10.8 Å². The van der Waals surface area contributed by atoms with E-state index in [4.69, 9.17) is 4.42 Å². The average molecular weight is 226 g/mol. The van der Waals surface area contributed by atoms with E-state index in [0.717, 1.165) is 11.1 Å². The highest BCUT2D eigenvalue weighted by molar-refractivity contribution is 5.92. The Bertz CT molecular complexity index is 740. The number of rotatable bonds is 1. The molecule has 0 bridgehead atoms. The molecule has 1 N–H and O–H groups in total. The largest absolute Gasteiger partial charge is 0.460 e. The summed E-state index contributed by atoms with van der Waals surface area (Å²) in [6, 6.07) is 11.1. The van der Waals surface area contributed by atoms with Crippen LogP contribution >= 0.6 is 0 Å². The van der Waals surface area contributed by atoms with Gasteiger partial charge < -0.3 is 4.42 Å². The van der Waals surface area contributed by atoms with Crippen molar-refractivity contribution in [2.75, 3.05) is 0 Å². The summed E-state index contributed by atoms with van der Waals surface area (Å²) in [5.74, 6) is 1.48. The lowest BCUT2D eigenvalue weighted by Gasteiger charge is -2.01. The minimum Gasteiger partial charge on any atom is -0.460 e. The van der Waals surface area contributed by atoms with E-state index in [9.17, 15) is 4.79 Å². The quantitative estimate of drug-likeness (QED) is 0.693. The number of H-pyrrole nitrogens is 1. The van der Waals surface area contributed by atoms with Gasteiger partial charge in [0, 0.05) is 5.39 Å². The first kappa shape index (κ1) is 9.84. The van der Waals surface area contributed by atoms with E-state index in [2.05, 4.69) is 10.2 Å². The Morgan fingerprint density at radius 1 is 1.12 bits per heavy atom. The summed E-state index contributed by atoms with van der Waals surface area (Å²) >= 11 is 0. The van der Waals surface area contributed by atoms with Gasteiger partial charge in [-0.05, 0) is 25.1 Å². The van der Waals surface area contributed by atoms with E-state index in [1.807, 2.05) is 37.3 Å². The van der Waals surface area contributed by atoms with Crippen LogP contribution in [0.5, 0.6) is 0 Å². The van der Waals surface area contributed by atoms with Crippen LogP contribution in [-0.2, 0) is 0 Å². The molecule has 84 valence electrons. The van der Waals surface area contributed by atoms with Gasteiger partial charge in [0.25, 0.3) is 5.56 Å². The lowest BCUT2D eigenvalue weighted by atomic mass is 10.1. The van der Waals surface area contributed by atoms with Gasteiger partial charge in [0.2, 0.25) is 0 Å². The van der Waals surface area contributed by atoms with Crippen LogP contribution < -0.4 is 5.56 Å². The normalized spacial score (nSPS) is 10.9.